The zero-order chi connectivity index (χ0) is 11.3. The van der Waals surface area contributed by atoms with Crippen molar-refractivity contribution in [3.8, 4) is 17.2 Å². The van der Waals surface area contributed by atoms with Gasteiger partial charge in [0.15, 0.2) is 17.2 Å². The third-order valence-corrected chi connectivity index (χ3v) is 1.54. The van der Waals surface area contributed by atoms with Crippen molar-refractivity contribution < 1.29 is 42.5 Å². The van der Waals surface area contributed by atoms with Crippen molar-refractivity contribution in [2.24, 2.45) is 0 Å². The third-order valence-electron chi connectivity index (χ3n) is 1.31. The van der Waals surface area contributed by atoms with Gasteiger partial charge in [0, 0.05) is 10.7 Å². The second kappa shape index (κ2) is 8.53. The third kappa shape index (κ3) is 5.32. The standard InChI is InChI=1S/C7H6O4S.Ag.Pb.S/c8-4-1-3(7(11)12)2-5(9)6(4)10;;;/h1-2,8-10H,(H,11,12);;;/q;+1;;/p-1. The molecular formula is C7H5AgO4PbS2. The van der Waals surface area contributed by atoms with Crippen molar-refractivity contribution in [1.29, 1.82) is 0 Å². The van der Waals surface area contributed by atoms with Gasteiger partial charge in [0.2, 0.25) is 0 Å². The Bertz CT molecular complexity index is 338. The molecule has 0 amide bonds. The SMILES string of the molecule is O=C([S-])c1cc(O)c(O)c(O)c1.[Ag+].[S]=[Pb]. The molecule has 0 bridgehead atoms. The van der Waals surface area contributed by atoms with E-state index in [-0.39, 0.29) is 27.9 Å². The summed E-state index contributed by atoms with van der Waals surface area (Å²) < 4.78 is 0. The molecule has 4 nitrogen and oxygen atoms in total. The molecule has 0 aliphatic rings. The monoisotopic (exact) mass is 532 g/mol. The average molecular weight is 532 g/mol. The van der Waals surface area contributed by atoms with Crippen LogP contribution >= 0.6 is 8.65 Å². The van der Waals surface area contributed by atoms with Gasteiger partial charge in [-0.15, -0.1) is 0 Å². The summed E-state index contributed by atoms with van der Waals surface area (Å²) in [5, 5.41) is 26.0. The van der Waals surface area contributed by atoms with E-state index in [1.54, 1.807) is 0 Å². The molecule has 2 radical (unpaired) electrons. The quantitative estimate of drug-likeness (QED) is 0.282. The summed E-state index contributed by atoms with van der Waals surface area (Å²) >= 11 is 5.15. The Hall–Kier alpha value is 0.392. The molecule has 0 spiro atoms. The van der Waals surface area contributed by atoms with E-state index in [1.807, 2.05) is 0 Å². The van der Waals surface area contributed by atoms with Gasteiger partial charge in [-0.2, -0.15) is 0 Å². The van der Waals surface area contributed by atoms with Crippen molar-refractivity contribution in [2.75, 3.05) is 0 Å². The summed E-state index contributed by atoms with van der Waals surface area (Å²) in [6.07, 6.45) is 0. The number of rotatable bonds is 1. The van der Waals surface area contributed by atoms with Crippen molar-refractivity contribution in [3.05, 3.63) is 17.7 Å². The van der Waals surface area contributed by atoms with E-state index in [9.17, 15) is 4.79 Å². The molecular weight excluding hydrogens is 527 g/mol. The van der Waals surface area contributed by atoms with E-state index in [0.717, 1.165) is 35.8 Å². The van der Waals surface area contributed by atoms with Gasteiger partial charge >= 0.3 is 54.7 Å². The molecule has 84 valence electrons. The second-order valence-corrected chi connectivity index (χ2v) is 2.52. The van der Waals surface area contributed by atoms with Gasteiger partial charge in [0.1, 0.15) is 0 Å². The number of aromatic hydroxyl groups is 3. The number of phenols is 3. The van der Waals surface area contributed by atoms with E-state index in [0.29, 0.717) is 0 Å². The summed E-state index contributed by atoms with van der Waals surface area (Å²) in [4.78, 5) is 10.6. The van der Waals surface area contributed by atoms with E-state index in [4.69, 9.17) is 15.3 Å². The Kier molecular flexibility index (Phi) is 10.1. The van der Waals surface area contributed by atoms with Crippen LogP contribution in [0.25, 0.3) is 0 Å². The van der Waals surface area contributed by atoms with Gasteiger partial charge in [-0.1, -0.05) is 0 Å². The van der Waals surface area contributed by atoms with Crippen LogP contribution in [0.1, 0.15) is 10.4 Å². The summed E-state index contributed by atoms with van der Waals surface area (Å²) in [5.74, 6) is -1.79. The number of carbonyl (C=O) groups excluding carboxylic acids is 1. The molecule has 0 aromatic heterocycles. The average Bonchev–Trinajstić information content (AvgIpc) is 2.16. The van der Waals surface area contributed by atoms with Gasteiger partial charge < -0.3 is 32.7 Å². The molecule has 0 fully saturated rings. The first-order valence-corrected chi connectivity index (χ1v) is 8.77. The normalized spacial score (nSPS) is 8.00. The van der Waals surface area contributed by atoms with Crippen molar-refractivity contribution in [1.82, 2.24) is 0 Å². The summed E-state index contributed by atoms with van der Waals surface area (Å²) in [7, 11) is 4.22. The van der Waals surface area contributed by atoms with Crippen LogP contribution < -0.4 is 0 Å². The molecule has 0 saturated heterocycles. The summed E-state index contributed by atoms with van der Waals surface area (Å²) in [6.45, 7) is 0. The molecule has 1 aromatic carbocycles. The molecule has 1 aromatic rings. The first-order valence-electron chi connectivity index (χ1n) is 3.19. The summed E-state index contributed by atoms with van der Waals surface area (Å²) in [6, 6.07) is 1.98. The van der Waals surface area contributed by atoms with Crippen LogP contribution in [0.4, 0.5) is 0 Å². The number of carbonyl (C=O) groups is 1. The first kappa shape index (κ1) is 17.8. The van der Waals surface area contributed by atoms with Crippen molar-refractivity contribution in [3.63, 3.8) is 0 Å². The van der Waals surface area contributed by atoms with Gasteiger partial charge in [-0.05, 0) is 12.1 Å². The second-order valence-electron chi connectivity index (χ2n) is 2.15. The molecule has 0 aliphatic heterocycles. The predicted octanol–water partition coefficient (Wildman–Crippen LogP) is 0.755. The molecule has 0 unspecified atom stereocenters. The first-order chi connectivity index (χ1) is 6.52. The topological polar surface area (TPSA) is 77.8 Å². The van der Waals surface area contributed by atoms with Gasteiger partial charge in [-0.25, -0.2) is 0 Å². The molecule has 1 rings (SSSR count). The van der Waals surface area contributed by atoms with E-state index >= 15 is 0 Å². The molecule has 0 aliphatic carbocycles. The molecule has 0 atom stereocenters. The Balaban J connectivity index is 0. The number of phenolic OH excluding ortho intramolecular Hbond substituents is 3. The van der Waals surface area contributed by atoms with E-state index < -0.39 is 22.4 Å². The fraction of sp³-hybridized carbons (Fsp3) is 0. The number of benzene rings is 1. The Labute approximate surface area is 126 Å². The fourth-order valence-electron chi connectivity index (χ4n) is 0.722. The molecule has 0 heterocycles. The van der Waals surface area contributed by atoms with E-state index in [1.165, 1.54) is 0 Å². The van der Waals surface area contributed by atoms with Gasteiger partial charge in [0.25, 0.3) is 0 Å². The van der Waals surface area contributed by atoms with Crippen LogP contribution in [0, 0.1) is 0 Å². The van der Waals surface area contributed by atoms with Crippen LogP contribution in [-0.2, 0) is 35.0 Å². The van der Waals surface area contributed by atoms with Crippen LogP contribution in [0.15, 0.2) is 12.1 Å². The zero-order valence-electron chi connectivity index (χ0n) is 7.02. The van der Waals surface area contributed by atoms with Crippen LogP contribution in [-0.4, -0.2) is 44.1 Å². The van der Waals surface area contributed by atoms with Crippen molar-refractivity contribution >= 4 is 50.1 Å². The Morgan fingerprint density at radius 2 is 1.53 bits per heavy atom. The molecule has 3 N–H and O–H groups in total. The molecule has 15 heavy (non-hydrogen) atoms. The van der Waals surface area contributed by atoms with E-state index in [2.05, 4.69) is 21.3 Å². The van der Waals surface area contributed by atoms with Crippen LogP contribution in [0.3, 0.4) is 0 Å². The van der Waals surface area contributed by atoms with Crippen LogP contribution in [0.5, 0.6) is 17.2 Å². The summed E-state index contributed by atoms with van der Waals surface area (Å²) in [5.41, 5.74) is -0.0298. The van der Waals surface area contributed by atoms with Crippen LogP contribution in [0.2, 0.25) is 0 Å². The van der Waals surface area contributed by atoms with Gasteiger partial charge in [0.05, 0.1) is 0 Å². The Morgan fingerprint density at radius 1 is 1.20 bits per heavy atom. The minimum atomic E-state index is -0.708. The maximum absolute atomic E-state index is 10.6. The van der Waals surface area contributed by atoms with Crippen molar-refractivity contribution in [2.45, 2.75) is 0 Å². The zero-order valence-corrected chi connectivity index (χ0v) is 14.0. The fourth-order valence-corrected chi connectivity index (χ4v) is 0.840. The maximum atomic E-state index is 10.6. The molecule has 0 saturated carbocycles. The predicted molar refractivity (Wildman–Crippen MR) is 56.5 cm³/mol. The minimum absolute atomic E-state index is 0. The molecule has 8 heteroatoms. The Morgan fingerprint density at radius 3 is 1.80 bits per heavy atom. The number of hydrogen-bond donors (Lipinski definition) is 3. The van der Waals surface area contributed by atoms with Gasteiger partial charge in [-0.3, -0.25) is 0 Å². The number of hydrogen-bond acceptors (Lipinski definition) is 6.